The van der Waals surface area contributed by atoms with Crippen LogP contribution in [0.5, 0.6) is 23.0 Å². The number of ether oxygens (including phenoxy) is 5. The van der Waals surface area contributed by atoms with Crippen LogP contribution in [-0.4, -0.2) is 77.2 Å². The van der Waals surface area contributed by atoms with Gasteiger partial charge in [-0.1, -0.05) is 188 Å². The number of fused-ring (bicyclic) bond motifs is 8. The first-order valence-corrected chi connectivity index (χ1v) is 46.4. The Bertz CT molecular complexity index is 7490. The van der Waals surface area contributed by atoms with Crippen LogP contribution in [0.1, 0.15) is 150 Å². The number of aromatic hydroxyl groups is 1. The minimum absolute atomic E-state index is 0. The topological polar surface area (TPSA) is 345 Å². The molecule has 142 heavy (non-hydrogen) atoms. The van der Waals surface area contributed by atoms with E-state index in [1.54, 1.807) is 24.3 Å². The maximum Gasteiger partial charge on any atom is 0.360 e. The van der Waals surface area contributed by atoms with Gasteiger partial charge in [-0.25, -0.2) is 54.3 Å². The van der Waals surface area contributed by atoms with E-state index in [1.807, 2.05) is 164 Å². The van der Waals surface area contributed by atoms with Crippen molar-refractivity contribution in [1.82, 2.24) is 18.7 Å². The van der Waals surface area contributed by atoms with Crippen molar-refractivity contribution in [3.05, 3.63) is 487 Å². The van der Waals surface area contributed by atoms with Crippen molar-refractivity contribution in [2.45, 2.75) is 86.6 Å². The second-order valence-corrected chi connectivity index (χ2v) is 35.1. The van der Waals surface area contributed by atoms with Gasteiger partial charge in [0.15, 0.2) is 92.3 Å². The Morgan fingerprint density at radius 3 is 0.979 bits per heavy atom. The average molecular weight is 2100 g/mol. The normalized spacial score (nSPS) is 14.1. The first-order chi connectivity index (χ1) is 67.6. The largest absolute Gasteiger partial charge is 0.502 e. The number of aromatic nitrogens is 4. The number of carbonyl (C=O) groups excluding carboxylic acids is 2. The number of hydrogen-bond donors (Lipinski definition) is 8. The zero-order chi connectivity index (χ0) is 99.1. The van der Waals surface area contributed by atoms with E-state index in [2.05, 4.69) is 21.0 Å². The van der Waals surface area contributed by atoms with Crippen molar-refractivity contribution in [3.63, 3.8) is 0 Å². The van der Waals surface area contributed by atoms with E-state index in [9.17, 15) is 93.9 Å². The van der Waals surface area contributed by atoms with Gasteiger partial charge in [0.25, 0.3) is 0 Å². The van der Waals surface area contributed by atoms with Gasteiger partial charge in [-0.05, 0) is 110 Å². The van der Waals surface area contributed by atoms with Crippen LogP contribution in [0.25, 0.3) is 0 Å². The van der Waals surface area contributed by atoms with E-state index < -0.39 is 133 Å². The molecule has 25 nitrogen and oxygen atoms in total. The molecule has 0 fully saturated rings. The summed E-state index contributed by atoms with van der Waals surface area (Å²) in [6.07, 6.45) is 4.24. The quantitative estimate of drug-likeness (QED) is 0.0123. The molecule has 0 radical (unpaired) electrons. The van der Waals surface area contributed by atoms with Gasteiger partial charge in [0.2, 0.25) is 21.7 Å². The van der Waals surface area contributed by atoms with Crippen LogP contribution in [0, 0.1) is 54.0 Å². The Hall–Kier alpha value is -15.0. The summed E-state index contributed by atoms with van der Waals surface area (Å²) in [6.45, 7) is 0.209. The SMILES string of the molecule is COC(=O)c1c(OCc2ccccc2)c(=O)ccn1N.COC(=O)c1c(OCc2ccccc2)c(=O)ccn1NC1c2ccccc2SCc2c1ccc(F)c2F.O=C(O)c1c(O)c(=O)ccn1NC1c2ccccc2SCc2c1ccc(F)c2F.O=C(O)c1c(OCc2ccccc2)c(=O)ccn1NC1c2ccccc2SCc2c1ccc(F)c2F.OC1c2ccccc2SCc2c1ccc(F)c2F.[CH3-].[Pd]. The third kappa shape index (κ3) is 23.2. The number of esters is 2. The third-order valence-electron chi connectivity index (χ3n) is 22.5. The third-order valence-corrected chi connectivity index (χ3v) is 26.9. The molecule has 0 amide bonds. The zero-order valence-corrected chi connectivity index (χ0v) is 79.7. The monoisotopic (exact) mass is 2100 g/mol. The van der Waals surface area contributed by atoms with E-state index in [0.29, 0.717) is 28.0 Å². The number of thioether (sulfide) groups is 4. The Morgan fingerprint density at radius 2 is 0.627 bits per heavy atom. The molecule has 0 aliphatic carbocycles. The number of pyridine rings is 4. The molecule has 4 aliphatic heterocycles. The molecular weight excluding hydrogens is 2020 g/mol. The molecule has 38 heteroatoms. The number of aliphatic hydroxyl groups is 1. The first kappa shape index (κ1) is 104. The van der Waals surface area contributed by atoms with Gasteiger partial charge in [-0.15, -0.1) is 47.0 Å². The molecule has 4 atom stereocenters. The summed E-state index contributed by atoms with van der Waals surface area (Å²) in [5, 5.41) is 39.7. The van der Waals surface area contributed by atoms with Gasteiger partial charge >= 0.3 is 23.9 Å². The number of halogens is 8. The van der Waals surface area contributed by atoms with E-state index in [4.69, 9.17) is 24.8 Å². The van der Waals surface area contributed by atoms with Crippen molar-refractivity contribution in [3.8, 4) is 23.0 Å². The predicted octanol–water partition coefficient (Wildman–Crippen LogP) is 19.3. The average Bonchev–Trinajstić information content (AvgIpc) is 1.63. The number of nitrogen functional groups attached to an aromatic ring is 1. The second kappa shape index (κ2) is 47.3. The predicted molar refractivity (Wildman–Crippen MR) is 517 cm³/mol. The molecule has 4 aliphatic rings. The second-order valence-electron chi connectivity index (χ2n) is 31.0. The molecule has 4 aromatic heterocycles. The smallest absolute Gasteiger partial charge is 0.360 e. The number of benzene rings is 11. The number of carboxylic acid groups (broad SMARTS) is 2. The molecule has 0 bridgehead atoms. The van der Waals surface area contributed by atoms with Gasteiger partial charge in [0, 0.05) is 134 Å². The van der Waals surface area contributed by atoms with Crippen molar-refractivity contribution < 1.29 is 119 Å². The summed E-state index contributed by atoms with van der Waals surface area (Å²) in [7, 11) is 2.41. The fourth-order valence-corrected chi connectivity index (χ4v) is 20.1. The minimum Gasteiger partial charge on any atom is -0.502 e. The van der Waals surface area contributed by atoms with Crippen LogP contribution in [0.2, 0.25) is 0 Å². The van der Waals surface area contributed by atoms with Crippen molar-refractivity contribution in [1.29, 1.82) is 0 Å². The van der Waals surface area contributed by atoms with Crippen LogP contribution in [0.4, 0.5) is 35.1 Å². The van der Waals surface area contributed by atoms with E-state index in [-0.39, 0.29) is 116 Å². The summed E-state index contributed by atoms with van der Waals surface area (Å²) in [5.74, 6) is -6.80. The van der Waals surface area contributed by atoms with E-state index >= 15 is 0 Å². The molecular formula is C104H83F8N8O17PdS4-. The number of rotatable bonds is 19. The number of carboxylic acids is 2. The number of methoxy groups -OCH3 is 2. The fraction of sp³-hybridized carbons (Fsp3) is 0.125. The summed E-state index contributed by atoms with van der Waals surface area (Å²) in [5.41, 5.74) is 13.7. The van der Waals surface area contributed by atoms with Crippen LogP contribution in [0.3, 0.4) is 0 Å². The minimum atomic E-state index is -1.52. The van der Waals surface area contributed by atoms with Crippen LogP contribution >= 0.6 is 47.0 Å². The number of carbonyl (C=O) groups is 4. The fourth-order valence-electron chi connectivity index (χ4n) is 15.6. The van der Waals surface area contributed by atoms with E-state index in [1.165, 1.54) is 138 Å². The van der Waals surface area contributed by atoms with Crippen LogP contribution in [0.15, 0.2) is 324 Å². The van der Waals surface area contributed by atoms with Crippen molar-refractivity contribution in [2.24, 2.45) is 0 Å². The van der Waals surface area contributed by atoms with Crippen LogP contribution in [-0.2, 0) is 72.7 Å². The zero-order valence-electron chi connectivity index (χ0n) is 74.8. The van der Waals surface area contributed by atoms with Gasteiger partial charge in [0.05, 0.1) is 32.3 Å². The van der Waals surface area contributed by atoms with Gasteiger partial charge in [-0.3, -0.25) is 37.9 Å². The molecule has 732 valence electrons. The first-order valence-electron chi connectivity index (χ1n) is 42.4. The van der Waals surface area contributed by atoms with Gasteiger partial charge in [-0.2, -0.15) is 0 Å². The van der Waals surface area contributed by atoms with Gasteiger partial charge < -0.3 is 73.7 Å². The summed E-state index contributed by atoms with van der Waals surface area (Å²) in [6, 6.07) is 69.7. The Balaban J connectivity index is 0.000000152. The molecule has 11 aromatic carbocycles. The maximum atomic E-state index is 14.9. The van der Waals surface area contributed by atoms with Crippen molar-refractivity contribution in [2.75, 3.05) is 36.3 Å². The van der Waals surface area contributed by atoms with Crippen LogP contribution < -0.4 is 58.0 Å². The molecule has 0 spiro atoms. The van der Waals surface area contributed by atoms with Gasteiger partial charge in [0.1, 0.15) is 25.9 Å². The molecule has 8 heterocycles. The summed E-state index contributed by atoms with van der Waals surface area (Å²) >= 11 is 5.50. The number of nitrogens with one attached hydrogen (secondary N) is 3. The molecule has 9 N–H and O–H groups in total. The number of aromatic carboxylic acids is 2. The molecule has 0 saturated carbocycles. The number of nitrogens with zero attached hydrogens (tertiary/aromatic N) is 4. The number of aliphatic hydroxyl groups excluding tert-OH is 1. The molecule has 15 aromatic rings. The number of hydrogen-bond acceptors (Lipinski definition) is 23. The molecule has 4 unspecified atom stereocenters. The number of nitrogens with two attached hydrogens (primary N) is 1. The Morgan fingerprint density at radius 1 is 0.352 bits per heavy atom. The molecule has 0 saturated heterocycles. The molecule has 19 rings (SSSR count). The summed E-state index contributed by atoms with van der Waals surface area (Å²) < 4.78 is 144. The Kier molecular flexibility index (Phi) is 34.7. The summed E-state index contributed by atoms with van der Waals surface area (Å²) in [4.78, 5) is 101. The Labute approximate surface area is 835 Å². The maximum absolute atomic E-state index is 14.9. The van der Waals surface area contributed by atoms with E-state index in [0.717, 1.165) is 98.2 Å². The standard InChI is InChI=1S/C28H22F2N2O4S.C27H20F2N2O4S.C20H14F2N2O4S.C14H10F2OS.C14H14N2O4.CH3.Pd/c1-35-28(34)26-27(36-15-17-7-3-2-4-8-17)22(33)13-14-32(26)31-25-18-11-12-21(29)24(30)20(18)16-37-23-10-6-5-9-19(23)25;28-20-11-10-17-19(23(20)29)15-36-22-9-5-4-8-18(22)24(17)30-31-13-12-21(32)26(25(31)27(33)34)35-14-16-6-2-1-3-7-16;21-13-6-5-10-12(16(13)22)9-29-15-4-2-1-3-11(15)17(10)23-24-8-7-14(25)19(26)18(24)20(27)28;15-11-6-5-8-10(13(11)16)7-18-12-4-2-1-3-9(12)14(8)17;1-19-14(18)12-13(11(17)7-8-16(12)15)20-9-10-5-3-2-4-6-10;;/h2-14,25,31H,15-16H2,1H3;1-13,24,30H,14-15H2,(H,33,34);1-8,17,23,26H,9H2,(H,27,28);1-6,14,17H,7H2;2-8H,9,15H2,1H3;1H3;/q;;;;;-1;. The van der Waals surface area contributed by atoms with Crippen molar-refractivity contribution >= 4 is 70.9 Å².